The van der Waals surface area contributed by atoms with Crippen molar-refractivity contribution in [2.75, 3.05) is 0 Å². The second-order valence-electron chi connectivity index (χ2n) is 5.32. The Kier molecular flexibility index (Phi) is 2.49. The first kappa shape index (κ1) is 12.0. The van der Waals surface area contributed by atoms with Crippen molar-refractivity contribution in [2.45, 2.75) is 6.92 Å². The first-order valence-electron chi connectivity index (χ1n) is 7.04. The van der Waals surface area contributed by atoms with E-state index in [2.05, 4.69) is 83.2 Å². The summed E-state index contributed by atoms with van der Waals surface area (Å²) in [6, 6.07) is 12.8. The van der Waals surface area contributed by atoms with Gasteiger partial charge in [0.25, 0.3) is 5.65 Å². The van der Waals surface area contributed by atoms with Crippen molar-refractivity contribution in [3.05, 3.63) is 71.8 Å². The van der Waals surface area contributed by atoms with Crippen molar-refractivity contribution in [3.8, 4) is 0 Å². The number of para-hydroxylation sites is 1. The summed E-state index contributed by atoms with van der Waals surface area (Å²) in [7, 11) is 2.09. The van der Waals surface area contributed by atoms with E-state index in [4.69, 9.17) is 0 Å². The molecule has 2 heterocycles. The molecule has 1 aromatic carbocycles. The first-order valence-corrected chi connectivity index (χ1v) is 7.04. The molecule has 100 valence electrons. The highest BCUT2D eigenvalue weighted by atomic mass is 15.1. The van der Waals surface area contributed by atoms with Crippen LogP contribution in [0.25, 0.3) is 27.6 Å². The maximum atomic E-state index is 3.18. The summed E-state index contributed by atoms with van der Waals surface area (Å²) in [6.07, 6.45) is 6.11. The van der Waals surface area contributed by atoms with Gasteiger partial charge in [0, 0.05) is 11.0 Å². The lowest BCUT2D eigenvalue weighted by Crippen LogP contribution is -2.30. The molecule has 2 nitrogen and oxygen atoms in total. The molecule has 0 saturated heterocycles. The van der Waals surface area contributed by atoms with E-state index >= 15 is 0 Å². The molecule has 1 aliphatic rings. The van der Waals surface area contributed by atoms with Crippen LogP contribution < -0.4 is 4.57 Å². The number of hydrogen-bond donors (Lipinski definition) is 0. The fourth-order valence-electron chi connectivity index (χ4n) is 3.05. The normalized spacial score (nSPS) is 13.8. The predicted octanol–water partition coefficient (Wildman–Crippen LogP) is 3.73. The van der Waals surface area contributed by atoms with Crippen LogP contribution in [0.4, 0.5) is 0 Å². The number of pyridine rings is 1. The molecule has 2 aromatic heterocycles. The van der Waals surface area contributed by atoms with Crippen molar-refractivity contribution in [1.29, 1.82) is 0 Å². The highest BCUT2D eigenvalue weighted by Gasteiger charge is 2.23. The van der Waals surface area contributed by atoms with E-state index in [1.165, 1.54) is 21.9 Å². The van der Waals surface area contributed by atoms with Crippen molar-refractivity contribution < 1.29 is 4.57 Å². The molecule has 4 rings (SSSR count). The maximum Gasteiger partial charge on any atom is 0.294 e. The third kappa shape index (κ3) is 1.64. The van der Waals surface area contributed by atoms with Gasteiger partial charge in [-0.1, -0.05) is 23.6 Å². The summed E-state index contributed by atoms with van der Waals surface area (Å²) < 4.78 is 4.48. The number of aromatic nitrogens is 2. The first-order chi connectivity index (χ1) is 10.3. The summed E-state index contributed by atoms with van der Waals surface area (Å²) in [5, 5.41) is 2.54. The minimum atomic E-state index is 1.10. The van der Waals surface area contributed by atoms with Crippen molar-refractivity contribution in [2.24, 2.45) is 7.05 Å². The Bertz CT molecular complexity index is 1020. The maximum absolute atomic E-state index is 3.18. The molecule has 1 aliphatic carbocycles. The van der Waals surface area contributed by atoms with Gasteiger partial charge in [0.05, 0.1) is 18.6 Å². The van der Waals surface area contributed by atoms with Gasteiger partial charge in [0.15, 0.2) is 0 Å². The summed E-state index contributed by atoms with van der Waals surface area (Å²) in [5.41, 5.74) is 10.9. The number of aryl methyl sites for hydroxylation is 1. The summed E-state index contributed by atoms with van der Waals surface area (Å²) in [4.78, 5) is 0. The van der Waals surface area contributed by atoms with E-state index in [0.717, 1.165) is 11.3 Å². The molecule has 0 aliphatic heterocycles. The topological polar surface area (TPSA) is 8.81 Å². The van der Waals surface area contributed by atoms with Crippen LogP contribution >= 0.6 is 0 Å². The molecule has 21 heavy (non-hydrogen) atoms. The molecule has 0 N–H and O–H groups in total. The molecule has 0 fully saturated rings. The third-order valence-corrected chi connectivity index (χ3v) is 4.00. The van der Waals surface area contributed by atoms with Crippen LogP contribution in [0, 0.1) is 0 Å². The highest BCUT2D eigenvalue weighted by Crippen LogP contribution is 2.32. The Hall–Kier alpha value is -2.79. The molecular formula is C19H15N2+. The van der Waals surface area contributed by atoms with E-state index in [-0.39, 0.29) is 0 Å². The minimum absolute atomic E-state index is 1.10. The average Bonchev–Trinajstić information content (AvgIpc) is 2.84. The van der Waals surface area contributed by atoms with E-state index in [0.29, 0.717) is 0 Å². The monoisotopic (exact) mass is 271 g/mol. The van der Waals surface area contributed by atoms with Crippen LogP contribution in [0.3, 0.4) is 0 Å². The molecular weight excluding hydrogens is 256 g/mol. The third-order valence-electron chi connectivity index (χ3n) is 4.00. The average molecular weight is 271 g/mol. The zero-order chi connectivity index (χ0) is 14.4. The molecule has 0 bridgehead atoms. The van der Waals surface area contributed by atoms with Crippen LogP contribution in [0.15, 0.2) is 71.8 Å². The largest absolute Gasteiger partial charge is 0.294 e. The fourth-order valence-corrected chi connectivity index (χ4v) is 3.05. The lowest BCUT2D eigenvalue weighted by Gasteiger charge is -2.06. The summed E-state index contributed by atoms with van der Waals surface area (Å²) >= 11 is 0. The van der Waals surface area contributed by atoms with Gasteiger partial charge in [-0.3, -0.25) is 0 Å². The molecule has 0 radical (unpaired) electrons. The number of hydrogen-bond acceptors (Lipinski definition) is 0. The van der Waals surface area contributed by atoms with E-state index < -0.39 is 0 Å². The zero-order valence-corrected chi connectivity index (χ0v) is 12.1. The highest BCUT2D eigenvalue weighted by molar-refractivity contribution is 6.08. The quantitative estimate of drug-likeness (QED) is 0.471. The smallest absolute Gasteiger partial charge is 0.236 e. The van der Waals surface area contributed by atoms with E-state index in [1.807, 2.05) is 6.08 Å². The van der Waals surface area contributed by atoms with Crippen LogP contribution in [-0.2, 0) is 7.05 Å². The lowest BCUT2D eigenvalue weighted by molar-refractivity contribution is -0.647. The number of allylic oxidation sites excluding steroid dienone is 4. The van der Waals surface area contributed by atoms with Gasteiger partial charge in [-0.05, 0) is 43.3 Å². The number of benzene rings is 1. The van der Waals surface area contributed by atoms with Gasteiger partial charge in [-0.25, -0.2) is 4.57 Å². The second-order valence-corrected chi connectivity index (χ2v) is 5.32. The lowest BCUT2D eigenvalue weighted by atomic mass is 10.1. The van der Waals surface area contributed by atoms with Crippen LogP contribution in [0.1, 0.15) is 6.92 Å². The fraction of sp³-hybridized carbons (Fsp3) is 0.105. The molecule has 0 saturated carbocycles. The van der Waals surface area contributed by atoms with E-state index in [9.17, 15) is 0 Å². The molecule has 3 aromatic rings. The molecule has 0 spiro atoms. The van der Waals surface area contributed by atoms with Gasteiger partial charge in [-0.15, -0.1) is 0 Å². The number of fused-ring (bicyclic) bond motifs is 3. The van der Waals surface area contributed by atoms with Gasteiger partial charge >= 0.3 is 0 Å². The Morgan fingerprint density at radius 1 is 1.05 bits per heavy atom. The molecule has 2 heteroatoms. The minimum Gasteiger partial charge on any atom is -0.236 e. The van der Waals surface area contributed by atoms with Crippen LogP contribution in [-0.4, -0.2) is 4.57 Å². The Balaban J connectivity index is 2.24. The second kappa shape index (κ2) is 4.36. The number of rotatable bonds is 1. The van der Waals surface area contributed by atoms with E-state index in [1.54, 1.807) is 0 Å². The van der Waals surface area contributed by atoms with Gasteiger partial charge in [0.1, 0.15) is 11.2 Å². The summed E-state index contributed by atoms with van der Waals surface area (Å²) in [5.74, 6) is 0. The van der Waals surface area contributed by atoms with Crippen molar-refractivity contribution in [1.82, 2.24) is 4.57 Å². The Morgan fingerprint density at radius 3 is 2.71 bits per heavy atom. The van der Waals surface area contributed by atoms with Gasteiger partial charge in [0.2, 0.25) is 0 Å². The van der Waals surface area contributed by atoms with Gasteiger partial charge < -0.3 is 0 Å². The standard InChI is InChI=1S/C19H15N2/c1-14-8-3-5-11-17(14)21-18-12-6-4-9-15(18)16-10-7-13-20(2)19(16)21/h4-7,9-13H,1-2H3/q+1. The van der Waals surface area contributed by atoms with Gasteiger partial charge in [-0.2, -0.15) is 4.57 Å². The van der Waals surface area contributed by atoms with Crippen molar-refractivity contribution >= 4 is 27.6 Å². The SMILES string of the molecule is CC1=C=C=CC=C1n1c2ccccc2c2ccc[n+](C)c21. The molecule has 0 atom stereocenters. The Labute approximate surface area is 123 Å². The molecule has 0 unspecified atom stereocenters. The van der Waals surface area contributed by atoms with Crippen molar-refractivity contribution in [3.63, 3.8) is 0 Å². The Morgan fingerprint density at radius 2 is 1.86 bits per heavy atom. The summed E-state index contributed by atoms with van der Waals surface area (Å²) in [6.45, 7) is 2.08. The van der Waals surface area contributed by atoms with Crippen LogP contribution in [0.2, 0.25) is 0 Å². The predicted molar refractivity (Wildman–Crippen MR) is 85.7 cm³/mol. The zero-order valence-electron chi connectivity index (χ0n) is 12.1. The molecule has 0 amide bonds. The van der Waals surface area contributed by atoms with Crippen LogP contribution in [0.5, 0.6) is 0 Å². The number of nitrogens with zero attached hydrogens (tertiary/aromatic N) is 2.